The van der Waals surface area contributed by atoms with Crippen LogP contribution in [0.5, 0.6) is 0 Å². The highest BCUT2D eigenvalue weighted by atomic mass is 79.9. The Morgan fingerprint density at radius 3 is 2.36 bits per heavy atom. The molecule has 0 aliphatic carbocycles. The van der Waals surface area contributed by atoms with Crippen LogP contribution in [0.3, 0.4) is 0 Å². The first-order valence-corrected chi connectivity index (χ1v) is 16.0. The SMILES string of the molecule is O=C(Cn1c2c(sc1=O)[C@@H](c1ccc(Br)cc1)[C@@H]1C(=O)N(c3cccc(C(F)(F)F)c3)C(=O)[C@@H]1S2)Nc1ccc(Cl)c(Cl)c1. The van der Waals surface area contributed by atoms with E-state index in [0.717, 1.165) is 50.7 Å². The lowest BCUT2D eigenvalue weighted by Crippen LogP contribution is -2.33. The Morgan fingerprint density at radius 1 is 0.955 bits per heavy atom. The molecule has 7 nitrogen and oxygen atoms in total. The van der Waals surface area contributed by atoms with Gasteiger partial charge in [-0.15, -0.1) is 0 Å². The van der Waals surface area contributed by atoms with Gasteiger partial charge in [0, 0.05) is 21.0 Å². The van der Waals surface area contributed by atoms with E-state index in [-0.39, 0.29) is 10.7 Å². The molecule has 3 amide bonds. The number of amides is 3. The summed E-state index contributed by atoms with van der Waals surface area (Å²) in [7, 11) is 0. The lowest BCUT2D eigenvalue weighted by molar-refractivity contribution is -0.137. The molecule has 0 bridgehead atoms. The van der Waals surface area contributed by atoms with E-state index in [1.165, 1.54) is 22.8 Å². The first kappa shape index (κ1) is 30.9. The molecule has 3 atom stereocenters. The molecule has 226 valence electrons. The van der Waals surface area contributed by atoms with Crippen LogP contribution in [-0.2, 0) is 27.1 Å². The molecule has 1 aromatic heterocycles. The van der Waals surface area contributed by atoms with Crippen LogP contribution in [-0.4, -0.2) is 27.5 Å². The van der Waals surface area contributed by atoms with Gasteiger partial charge in [-0.05, 0) is 54.1 Å². The van der Waals surface area contributed by atoms with Crippen LogP contribution in [0.25, 0.3) is 0 Å². The van der Waals surface area contributed by atoms with Crippen LogP contribution in [0.2, 0.25) is 10.0 Å². The fourth-order valence-electron chi connectivity index (χ4n) is 5.28. The van der Waals surface area contributed by atoms with Gasteiger partial charge >= 0.3 is 11.0 Å². The van der Waals surface area contributed by atoms with Crippen molar-refractivity contribution in [2.24, 2.45) is 5.92 Å². The third-order valence-electron chi connectivity index (χ3n) is 7.22. The zero-order valence-electron chi connectivity index (χ0n) is 21.9. The molecule has 0 radical (unpaired) electrons. The largest absolute Gasteiger partial charge is 0.416 e. The van der Waals surface area contributed by atoms with Gasteiger partial charge in [-0.2, -0.15) is 13.2 Å². The third kappa shape index (κ3) is 5.60. The number of alkyl halides is 3. The van der Waals surface area contributed by atoms with E-state index in [2.05, 4.69) is 21.2 Å². The van der Waals surface area contributed by atoms with Gasteiger partial charge in [0.05, 0.1) is 32.2 Å². The number of imide groups is 1. The molecule has 3 aromatic carbocycles. The van der Waals surface area contributed by atoms with Gasteiger partial charge in [-0.1, -0.05) is 80.4 Å². The topological polar surface area (TPSA) is 88.5 Å². The van der Waals surface area contributed by atoms with Crippen molar-refractivity contribution in [3.63, 3.8) is 0 Å². The van der Waals surface area contributed by atoms with E-state index in [4.69, 9.17) is 23.2 Å². The fourth-order valence-corrected chi connectivity index (χ4v) is 8.61. The predicted molar refractivity (Wildman–Crippen MR) is 167 cm³/mol. The second-order valence-corrected chi connectivity index (χ2v) is 13.8. The van der Waals surface area contributed by atoms with Crippen molar-refractivity contribution < 1.29 is 27.6 Å². The Balaban J connectivity index is 1.40. The normalized spacial score (nSPS) is 19.6. The summed E-state index contributed by atoms with van der Waals surface area (Å²) in [5.74, 6) is -3.70. The molecule has 0 spiro atoms. The van der Waals surface area contributed by atoms with Crippen LogP contribution in [0.4, 0.5) is 24.5 Å². The zero-order valence-corrected chi connectivity index (χ0v) is 26.6. The summed E-state index contributed by atoms with van der Waals surface area (Å²) in [6.07, 6.45) is -4.68. The minimum Gasteiger partial charge on any atom is -0.324 e. The first-order valence-electron chi connectivity index (χ1n) is 12.8. The summed E-state index contributed by atoms with van der Waals surface area (Å²) in [4.78, 5) is 54.8. The number of benzene rings is 3. The van der Waals surface area contributed by atoms with Gasteiger partial charge in [-0.3, -0.25) is 23.7 Å². The van der Waals surface area contributed by atoms with Crippen molar-refractivity contribution in [3.8, 4) is 0 Å². The number of aromatic nitrogens is 1. The molecule has 2 aliphatic heterocycles. The Morgan fingerprint density at radius 2 is 1.68 bits per heavy atom. The number of nitrogens with one attached hydrogen (secondary N) is 1. The predicted octanol–water partition coefficient (Wildman–Crippen LogP) is 7.43. The van der Waals surface area contributed by atoms with Gasteiger partial charge in [0.25, 0.3) is 0 Å². The fraction of sp³-hybridized carbons (Fsp3) is 0.172. The third-order valence-corrected chi connectivity index (χ3v) is 11.1. The number of anilines is 2. The molecule has 0 unspecified atom stereocenters. The van der Waals surface area contributed by atoms with Gasteiger partial charge < -0.3 is 5.32 Å². The molecule has 0 saturated carbocycles. The maximum atomic E-state index is 13.9. The van der Waals surface area contributed by atoms with Crippen LogP contribution >= 0.6 is 62.2 Å². The maximum Gasteiger partial charge on any atom is 0.416 e. The number of fused-ring (bicyclic) bond motifs is 2. The number of rotatable bonds is 5. The molecule has 6 rings (SSSR count). The van der Waals surface area contributed by atoms with Crippen molar-refractivity contribution in [1.82, 2.24) is 4.57 Å². The van der Waals surface area contributed by atoms with E-state index in [9.17, 15) is 32.3 Å². The van der Waals surface area contributed by atoms with Crippen LogP contribution in [0.15, 0.2) is 81.0 Å². The summed E-state index contributed by atoms with van der Waals surface area (Å²) >= 11 is 17.2. The highest BCUT2D eigenvalue weighted by Gasteiger charge is 2.57. The van der Waals surface area contributed by atoms with E-state index in [1.54, 1.807) is 30.3 Å². The number of carbonyl (C=O) groups is 3. The number of nitrogens with zero attached hydrogens (tertiary/aromatic N) is 2. The molecule has 15 heteroatoms. The molecule has 2 aliphatic rings. The van der Waals surface area contributed by atoms with Crippen LogP contribution in [0, 0.1) is 5.92 Å². The Labute approximate surface area is 274 Å². The Bertz CT molecular complexity index is 1900. The van der Waals surface area contributed by atoms with E-state index >= 15 is 0 Å². The van der Waals surface area contributed by atoms with E-state index in [0.29, 0.717) is 26.2 Å². The average molecular weight is 743 g/mol. The minimum atomic E-state index is -4.68. The molecular weight excluding hydrogens is 726 g/mol. The Kier molecular flexibility index (Phi) is 8.20. The standard InChI is InChI=1S/C29H17BrCl2F3N3O4S2/c30-15-6-4-13(5-7-15)21-22-23(26(41)38(25(22)40)17-3-1-2-14(10-17)29(33,34)35)43-27-24(21)44-28(42)37(27)12-20(39)36-16-8-9-18(31)19(32)11-16/h1-11,21-23H,12H2,(H,36,39)/t21-,22-,23+/m0/s1. The van der Waals surface area contributed by atoms with Gasteiger partial charge in [-0.25, -0.2) is 4.90 Å². The van der Waals surface area contributed by atoms with Crippen molar-refractivity contribution in [1.29, 1.82) is 0 Å². The summed E-state index contributed by atoms with van der Waals surface area (Å²) in [6, 6.07) is 15.6. The quantitative estimate of drug-likeness (QED) is 0.215. The lowest BCUT2D eigenvalue weighted by Gasteiger charge is -2.30. The summed E-state index contributed by atoms with van der Waals surface area (Å²) < 4.78 is 42.5. The van der Waals surface area contributed by atoms with Gasteiger partial charge in [0.1, 0.15) is 11.8 Å². The molecule has 1 fully saturated rings. The highest BCUT2D eigenvalue weighted by Crippen LogP contribution is 2.54. The van der Waals surface area contributed by atoms with Gasteiger partial charge in [0.15, 0.2) is 0 Å². The van der Waals surface area contributed by atoms with Crippen LogP contribution in [0.1, 0.15) is 21.9 Å². The number of thiazole rings is 1. The number of carbonyl (C=O) groups excluding carboxylic acids is 3. The number of thioether (sulfide) groups is 1. The Hall–Kier alpha value is -3.10. The smallest absolute Gasteiger partial charge is 0.324 e. The first-order chi connectivity index (χ1) is 20.8. The molecular formula is C29H17BrCl2F3N3O4S2. The van der Waals surface area contributed by atoms with E-state index < -0.39 is 58.0 Å². The lowest BCUT2D eigenvalue weighted by atomic mass is 9.83. The monoisotopic (exact) mass is 741 g/mol. The number of hydrogen-bond donors (Lipinski definition) is 1. The van der Waals surface area contributed by atoms with Crippen molar-refractivity contribution in [3.05, 3.63) is 107 Å². The highest BCUT2D eigenvalue weighted by molar-refractivity contribution is 9.10. The summed E-state index contributed by atoms with van der Waals surface area (Å²) in [5, 5.41) is 2.47. The summed E-state index contributed by atoms with van der Waals surface area (Å²) in [5.41, 5.74) is -0.203. The zero-order chi connectivity index (χ0) is 31.5. The van der Waals surface area contributed by atoms with E-state index in [1.807, 2.05) is 0 Å². The molecule has 44 heavy (non-hydrogen) atoms. The molecule has 1 N–H and O–H groups in total. The number of halogens is 6. The van der Waals surface area contributed by atoms with Crippen molar-refractivity contribution >= 4 is 91.3 Å². The van der Waals surface area contributed by atoms with Crippen molar-refractivity contribution in [2.75, 3.05) is 10.2 Å². The second kappa shape index (κ2) is 11.7. The van der Waals surface area contributed by atoms with Crippen LogP contribution < -0.4 is 15.1 Å². The molecule has 3 heterocycles. The minimum absolute atomic E-state index is 0.193. The van der Waals surface area contributed by atoms with Crippen molar-refractivity contribution in [2.45, 2.75) is 28.9 Å². The molecule has 1 saturated heterocycles. The average Bonchev–Trinajstić information content (AvgIpc) is 3.41. The van der Waals surface area contributed by atoms with Gasteiger partial charge in [0.2, 0.25) is 17.7 Å². The molecule has 4 aromatic rings. The number of hydrogen-bond acceptors (Lipinski definition) is 6. The summed E-state index contributed by atoms with van der Waals surface area (Å²) in [6.45, 7) is -0.401. The second-order valence-electron chi connectivity index (χ2n) is 9.95. The maximum absolute atomic E-state index is 13.9.